The zero-order valence-corrected chi connectivity index (χ0v) is 8.25. The van der Waals surface area contributed by atoms with Crippen LogP contribution < -0.4 is 0 Å². The first-order chi connectivity index (χ1) is 6.20. The lowest BCUT2D eigenvalue weighted by atomic mass is 10.3. The van der Waals surface area contributed by atoms with E-state index in [0.717, 1.165) is 19.5 Å². The van der Waals surface area contributed by atoms with Gasteiger partial charge in [0.05, 0.1) is 13.2 Å². The number of methoxy groups -OCH3 is 1. The van der Waals surface area contributed by atoms with E-state index in [1.165, 1.54) is 7.11 Å². The van der Waals surface area contributed by atoms with Gasteiger partial charge >= 0.3 is 5.97 Å². The molecule has 0 unspecified atom stereocenters. The Labute approximate surface area is 79.1 Å². The molecule has 0 aromatic rings. The van der Waals surface area contributed by atoms with Crippen molar-refractivity contribution < 1.29 is 9.53 Å². The largest absolute Gasteiger partial charge is 0.469 e. The van der Waals surface area contributed by atoms with Gasteiger partial charge in [-0.2, -0.15) is 5.26 Å². The zero-order valence-electron chi connectivity index (χ0n) is 8.25. The molecule has 13 heavy (non-hydrogen) atoms. The van der Waals surface area contributed by atoms with E-state index < -0.39 is 0 Å². The zero-order chi connectivity index (χ0) is 10.1. The topological polar surface area (TPSA) is 53.3 Å². The van der Waals surface area contributed by atoms with Crippen molar-refractivity contribution in [2.45, 2.75) is 19.3 Å². The molecule has 0 aromatic carbocycles. The maximum absolute atomic E-state index is 10.7. The number of esters is 1. The first kappa shape index (κ1) is 11.9. The highest BCUT2D eigenvalue weighted by molar-refractivity contribution is 5.69. The molecule has 0 bridgehead atoms. The number of carbonyl (C=O) groups is 1. The van der Waals surface area contributed by atoms with Gasteiger partial charge in [-0.15, -0.1) is 0 Å². The van der Waals surface area contributed by atoms with Gasteiger partial charge < -0.3 is 9.64 Å². The SMILES string of the molecule is COC(=O)CCCN(C)CCC#N. The van der Waals surface area contributed by atoms with E-state index in [-0.39, 0.29) is 5.97 Å². The van der Waals surface area contributed by atoms with E-state index in [1.807, 2.05) is 11.9 Å². The van der Waals surface area contributed by atoms with Crippen molar-refractivity contribution in [2.24, 2.45) is 0 Å². The number of rotatable bonds is 6. The van der Waals surface area contributed by atoms with Crippen LogP contribution in [0.3, 0.4) is 0 Å². The highest BCUT2D eigenvalue weighted by Crippen LogP contribution is 1.95. The highest BCUT2D eigenvalue weighted by Gasteiger charge is 2.01. The summed E-state index contributed by atoms with van der Waals surface area (Å²) in [6.07, 6.45) is 1.77. The molecule has 0 aliphatic carbocycles. The van der Waals surface area contributed by atoms with Crippen molar-refractivity contribution in [3.05, 3.63) is 0 Å². The third-order valence-electron chi connectivity index (χ3n) is 1.75. The molecule has 0 atom stereocenters. The molecular formula is C9H16N2O2. The lowest BCUT2D eigenvalue weighted by Crippen LogP contribution is -2.21. The number of nitrogens with zero attached hydrogens (tertiary/aromatic N) is 2. The third kappa shape index (κ3) is 7.29. The van der Waals surface area contributed by atoms with E-state index in [0.29, 0.717) is 12.8 Å². The Hall–Kier alpha value is -1.08. The van der Waals surface area contributed by atoms with Gasteiger partial charge in [0.15, 0.2) is 0 Å². The van der Waals surface area contributed by atoms with Crippen molar-refractivity contribution >= 4 is 5.97 Å². The van der Waals surface area contributed by atoms with Crippen LogP contribution in [0.4, 0.5) is 0 Å². The molecule has 0 N–H and O–H groups in total. The van der Waals surface area contributed by atoms with Crippen LogP contribution in [0.1, 0.15) is 19.3 Å². The smallest absolute Gasteiger partial charge is 0.305 e. The van der Waals surface area contributed by atoms with Gasteiger partial charge in [-0.25, -0.2) is 0 Å². The second kappa shape index (κ2) is 7.56. The van der Waals surface area contributed by atoms with Crippen molar-refractivity contribution in [3.8, 4) is 6.07 Å². The number of hydrogen-bond acceptors (Lipinski definition) is 4. The minimum Gasteiger partial charge on any atom is -0.469 e. The second-order valence-corrected chi connectivity index (χ2v) is 2.89. The standard InChI is InChI=1S/C9H16N2O2/c1-11(8-4-6-10)7-3-5-9(12)13-2/h3-5,7-8H2,1-2H3. The molecule has 74 valence electrons. The van der Waals surface area contributed by atoms with Gasteiger partial charge in [-0.3, -0.25) is 4.79 Å². The predicted molar refractivity (Wildman–Crippen MR) is 49.0 cm³/mol. The van der Waals surface area contributed by atoms with Crippen molar-refractivity contribution in [1.29, 1.82) is 5.26 Å². The Morgan fingerprint density at radius 1 is 1.54 bits per heavy atom. The fourth-order valence-corrected chi connectivity index (χ4v) is 0.948. The molecule has 0 saturated carbocycles. The van der Waals surface area contributed by atoms with Crippen molar-refractivity contribution in [3.63, 3.8) is 0 Å². The number of ether oxygens (including phenoxy) is 1. The molecule has 0 spiro atoms. The number of carbonyl (C=O) groups excluding carboxylic acids is 1. The summed E-state index contributed by atoms with van der Waals surface area (Å²) < 4.78 is 4.50. The molecule has 0 aliphatic rings. The molecule has 0 rings (SSSR count). The Morgan fingerprint density at radius 3 is 2.77 bits per heavy atom. The van der Waals surface area contributed by atoms with Crippen LogP contribution in [0.5, 0.6) is 0 Å². The minimum absolute atomic E-state index is 0.173. The molecule has 4 nitrogen and oxygen atoms in total. The van der Waals surface area contributed by atoms with E-state index in [9.17, 15) is 4.79 Å². The van der Waals surface area contributed by atoms with E-state index in [1.54, 1.807) is 0 Å². The Morgan fingerprint density at radius 2 is 2.23 bits per heavy atom. The first-order valence-electron chi connectivity index (χ1n) is 4.33. The van der Waals surface area contributed by atoms with Gasteiger partial charge in [0.1, 0.15) is 0 Å². The van der Waals surface area contributed by atoms with Gasteiger partial charge in [-0.1, -0.05) is 0 Å². The molecule has 0 aromatic heterocycles. The van der Waals surface area contributed by atoms with Crippen LogP contribution in [-0.4, -0.2) is 38.1 Å². The quantitative estimate of drug-likeness (QED) is 0.572. The van der Waals surface area contributed by atoms with Crippen molar-refractivity contribution in [2.75, 3.05) is 27.2 Å². The maximum atomic E-state index is 10.7. The third-order valence-corrected chi connectivity index (χ3v) is 1.75. The van der Waals surface area contributed by atoms with Crippen LogP contribution in [0, 0.1) is 11.3 Å². The van der Waals surface area contributed by atoms with E-state index in [4.69, 9.17) is 5.26 Å². The highest BCUT2D eigenvalue weighted by atomic mass is 16.5. The average molecular weight is 184 g/mol. The lowest BCUT2D eigenvalue weighted by molar-refractivity contribution is -0.140. The van der Waals surface area contributed by atoms with Crippen LogP contribution >= 0.6 is 0 Å². The molecule has 0 amide bonds. The van der Waals surface area contributed by atoms with Crippen LogP contribution in [0.15, 0.2) is 0 Å². The van der Waals surface area contributed by atoms with Gasteiger partial charge in [0, 0.05) is 19.4 Å². The summed E-state index contributed by atoms with van der Waals surface area (Å²) in [6, 6.07) is 2.08. The molecule has 0 heterocycles. The fraction of sp³-hybridized carbons (Fsp3) is 0.778. The Kier molecular flexibility index (Phi) is 6.93. The van der Waals surface area contributed by atoms with Crippen molar-refractivity contribution in [1.82, 2.24) is 4.90 Å². The summed E-state index contributed by atoms with van der Waals surface area (Å²) in [5.41, 5.74) is 0. The molecule has 0 aliphatic heterocycles. The Bertz CT molecular complexity index is 187. The summed E-state index contributed by atoms with van der Waals surface area (Å²) in [5, 5.41) is 8.32. The minimum atomic E-state index is -0.173. The summed E-state index contributed by atoms with van der Waals surface area (Å²) >= 11 is 0. The first-order valence-corrected chi connectivity index (χ1v) is 4.33. The molecular weight excluding hydrogens is 168 g/mol. The summed E-state index contributed by atoms with van der Waals surface area (Å²) in [4.78, 5) is 12.7. The number of nitriles is 1. The monoisotopic (exact) mass is 184 g/mol. The Balaban J connectivity index is 3.32. The average Bonchev–Trinajstić information content (AvgIpc) is 2.14. The summed E-state index contributed by atoms with van der Waals surface area (Å²) in [6.45, 7) is 1.59. The van der Waals surface area contributed by atoms with Crippen LogP contribution in [0.2, 0.25) is 0 Å². The van der Waals surface area contributed by atoms with E-state index >= 15 is 0 Å². The van der Waals surface area contributed by atoms with Gasteiger partial charge in [0.2, 0.25) is 0 Å². The van der Waals surface area contributed by atoms with Crippen LogP contribution in [-0.2, 0) is 9.53 Å². The number of hydrogen-bond donors (Lipinski definition) is 0. The molecule has 0 radical (unpaired) electrons. The van der Waals surface area contributed by atoms with Gasteiger partial charge in [-0.05, 0) is 20.0 Å². The maximum Gasteiger partial charge on any atom is 0.305 e. The normalized spacial score (nSPS) is 9.69. The second-order valence-electron chi connectivity index (χ2n) is 2.89. The van der Waals surface area contributed by atoms with Crippen LogP contribution in [0.25, 0.3) is 0 Å². The molecule has 4 heteroatoms. The lowest BCUT2D eigenvalue weighted by Gasteiger charge is -2.13. The predicted octanol–water partition coefficient (Wildman–Crippen LogP) is 0.785. The van der Waals surface area contributed by atoms with Gasteiger partial charge in [0.25, 0.3) is 0 Å². The molecule has 0 saturated heterocycles. The molecule has 0 fully saturated rings. The fourth-order valence-electron chi connectivity index (χ4n) is 0.948. The summed E-state index contributed by atoms with van der Waals surface area (Å²) in [7, 11) is 3.33. The summed E-state index contributed by atoms with van der Waals surface area (Å²) in [5.74, 6) is -0.173. The van der Waals surface area contributed by atoms with E-state index in [2.05, 4.69) is 10.8 Å².